The first-order chi connectivity index (χ1) is 20.8. The number of benzene rings is 1. The number of rotatable bonds is 4. The average Bonchev–Trinajstić information content (AvgIpc) is 2.95. The van der Waals surface area contributed by atoms with Crippen molar-refractivity contribution in [3.63, 3.8) is 0 Å². The SMILES string of the molecule is CC(=O)NC1CCCCC1OC(=O)Nc1cc2cc(-c3cnc4c(c3C)N(C(=O)OC(C)(C)C)CCO4)c(F)c(Cl)c2cn1. The highest BCUT2D eigenvalue weighted by molar-refractivity contribution is 6.36. The second kappa shape index (κ2) is 12.4. The van der Waals surface area contributed by atoms with Crippen molar-refractivity contribution in [3.8, 4) is 17.0 Å². The minimum Gasteiger partial charge on any atom is -0.474 e. The smallest absolute Gasteiger partial charge is 0.415 e. The fourth-order valence-corrected chi connectivity index (χ4v) is 5.80. The van der Waals surface area contributed by atoms with E-state index >= 15 is 4.39 Å². The molecule has 44 heavy (non-hydrogen) atoms. The summed E-state index contributed by atoms with van der Waals surface area (Å²) in [5.74, 6) is -0.458. The second-order valence-corrected chi connectivity index (χ2v) is 12.3. The zero-order chi connectivity index (χ0) is 31.8. The Morgan fingerprint density at radius 1 is 1.11 bits per heavy atom. The zero-order valence-electron chi connectivity index (χ0n) is 25.3. The van der Waals surface area contributed by atoms with Crippen LogP contribution in [-0.2, 0) is 14.3 Å². The lowest BCUT2D eigenvalue weighted by atomic mass is 9.92. The largest absolute Gasteiger partial charge is 0.474 e. The van der Waals surface area contributed by atoms with Gasteiger partial charge in [0.05, 0.1) is 17.6 Å². The number of hydrogen-bond acceptors (Lipinski definition) is 8. The van der Waals surface area contributed by atoms with Crippen LogP contribution in [0.5, 0.6) is 5.88 Å². The maximum atomic E-state index is 15.8. The van der Waals surface area contributed by atoms with Gasteiger partial charge < -0.3 is 19.5 Å². The summed E-state index contributed by atoms with van der Waals surface area (Å²) in [4.78, 5) is 47.4. The molecule has 5 rings (SSSR count). The maximum Gasteiger partial charge on any atom is 0.415 e. The number of ether oxygens (including phenoxy) is 3. The molecule has 1 saturated carbocycles. The minimum absolute atomic E-state index is 0.144. The maximum absolute atomic E-state index is 15.8. The van der Waals surface area contributed by atoms with Crippen molar-refractivity contribution < 1.29 is 33.0 Å². The molecule has 0 saturated heterocycles. The molecule has 1 aromatic carbocycles. The topological polar surface area (TPSA) is 132 Å². The number of nitrogens with zero attached hydrogens (tertiary/aromatic N) is 3. The highest BCUT2D eigenvalue weighted by atomic mass is 35.5. The molecule has 3 amide bonds. The Balaban J connectivity index is 1.45. The van der Waals surface area contributed by atoms with E-state index in [2.05, 4.69) is 20.6 Å². The highest BCUT2D eigenvalue weighted by Gasteiger charge is 2.33. The van der Waals surface area contributed by atoms with Gasteiger partial charge in [0.25, 0.3) is 0 Å². The minimum atomic E-state index is -0.720. The first-order valence-electron chi connectivity index (χ1n) is 14.5. The molecule has 13 heteroatoms. The number of amides is 3. The third-order valence-electron chi connectivity index (χ3n) is 7.48. The second-order valence-electron chi connectivity index (χ2n) is 11.9. The van der Waals surface area contributed by atoms with Crippen LogP contribution in [0.25, 0.3) is 21.9 Å². The van der Waals surface area contributed by atoms with Crippen LogP contribution in [-0.4, -0.2) is 59.0 Å². The quantitative estimate of drug-likeness (QED) is 0.334. The summed E-state index contributed by atoms with van der Waals surface area (Å²) in [5.41, 5.74) is 0.759. The average molecular weight is 628 g/mol. The Morgan fingerprint density at radius 3 is 2.59 bits per heavy atom. The molecule has 2 aromatic heterocycles. The van der Waals surface area contributed by atoms with Crippen molar-refractivity contribution in [1.82, 2.24) is 15.3 Å². The van der Waals surface area contributed by atoms with Gasteiger partial charge in [0.2, 0.25) is 11.8 Å². The van der Waals surface area contributed by atoms with Gasteiger partial charge in [-0.25, -0.2) is 23.9 Å². The summed E-state index contributed by atoms with van der Waals surface area (Å²) in [5, 5.41) is 6.17. The third-order valence-corrected chi connectivity index (χ3v) is 7.85. The molecule has 2 atom stereocenters. The number of anilines is 2. The Morgan fingerprint density at radius 2 is 1.86 bits per heavy atom. The van der Waals surface area contributed by atoms with Crippen LogP contribution < -0.4 is 20.3 Å². The van der Waals surface area contributed by atoms with Crippen LogP contribution in [0.2, 0.25) is 5.02 Å². The van der Waals surface area contributed by atoms with Crippen LogP contribution in [0, 0.1) is 12.7 Å². The monoisotopic (exact) mass is 627 g/mol. The van der Waals surface area contributed by atoms with E-state index < -0.39 is 29.7 Å². The summed E-state index contributed by atoms with van der Waals surface area (Å²) in [6, 6.07) is 2.89. The highest BCUT2D eigenvalue weighted by Crippen LogP contribution is 2.42. The number of hydrogen-bond donors (Lipinski definition) is 2. The molecular weight excluding hydrogens is 593 g/mol. The van der Waals surface area contributed by atoms with E-state index in [0.717, 1.165) is 19.3 Å². The van der Waals surface area contributed by atoms with Gasteiger partial charge >= 0.3 is 12.2 Å². The first kappa shape index (κ1) is 31.2. The Bertz CT molecular complexity index is 1630. The van der Waals surface area contributed by atoms with Crippen molar-refractivity contribution in [2.24, 2.45) is 0 Å². The molecule has 3 heterocycles. The van der Waals surface area contributed by atoms with Crippen molar-refractivity contribution in [1.29, 1.82) is 0 Å². The number of fused-ring (bicyclic) bond motifs is 2. The number of pyridine rings is 2. The van der Waals surface area contributed by atoms with Crippen LogP contribution >= 0.6 is 11.6 Å². The van der Waals surface area contributed by atoms with E-state index in [9.17, 15) is 14.4 Å². The van der Waals surface area contributed by atoms with Crippen molar-refractivity contribution in [3.05, 3.63) is 40.9 Å². The van der Waals surface area contributed by atoms with Gasteiger partial charge in [-0.1, -0.05) is 18.0 Å². The normalized spacial score (nSPS) is 18.2. The number of carbonyl (C=O) groups is 3. The fraction of sp³-hybridized carbons (Fsp3) is 0.452. The molecular formula is C31H35ClFN5O6. The third kappa shape index (κ3) is 6.64. The van der Waals surface area contributed by atoms with Gasteiger partial charge in [-0.05, 0) is 70.0 Å². The van der Waals surface area contributed by atoms with Crippen molar-refractivity contribution in [2.75, 3.05) is 23.4 Å². The number of nitrogens with one attached hydrogen (secondary N) is 2. The fourth-order valence-electron chi connectivity index (χ4n) is 5.54. The van der Waals surface area contributed by atoms with Gasteiger partial charge in [0, 0.05) is 35.8 Å². The summed E-state index contributed by atoms with van der Waals surface area (Å²) < 4.78 is 32.7. The Labute approximate surface area is 259 Å². The van der Waals surface area contributed by atoms with Gasteiger partial charge in [-0.15, -0.1) is 0 Å². The zero-order valence-corrected chi connectivity index (χ0v) is 26.0. The lowest BCUT2D eigenvalue weighted by Gasteiger charge is -2.32. The van der Waals surface area contributed by atoms with E-state index in [1.165, 1.54) is 24.2 Å². The number of aromatic nitrogens is 2. The molecule has 2 N–H and O–H groups in total. The Hall–Kier alpha value is -4.19. The molecule has 1 aliphatic carbocycles. The molecule has 2 unspecified atom stereocenters. The van der Waals surface area contributed by atoms with Crippen molar-refractivity contribution >= 4 is 52.0 Å². The van der Waals surface area contributed by atoms with Gasteiger partial charge in [0.1, 0.15) is 35.6 Å². The summed E-state index contributed by atoms with van der Waals surface area (Å²) >= 11 is 6.48. The lowest BCUT2D eigenvalue weighted by Crippen LogP contribution is -2.46. The standard InChI is InChI=1S/C31H35ClFN5O6/c1-16-20(14-35-28-27(16)38(10-11-42-28)30(41)44-31(3,4)5)19-12-18-13-24(34-15-21(18)25(32)26(19)33)37-29(40)43-23-9-7-6-8-22(23)36-17(2)39/h12-15,22-23H,6-11H2,1-5H3,(H,36,39)(H,34,37,40). The number of halogens is 2. The van der Waals surface area contributed by atoms with Gasteiger partial charge in [-0.3, -0.25) is 15.0 Å². The van der Waals surface area contributed by atoms with Gasteiger partial charge in [0.15, 0.2) is 0 Å². The number of carbonyl (C=O) groups excluding carboxylic acids is 3. The Kier molecular flexibility index (Phi) is 8.83. The molecule has 1 fully saturated rings. The van der Waals surface area contributed by atoms with Crippen LogP contribution in [0.15, 0.2) is 24.5 Å². The van der Waals surface area contributed by atoms with E-state index in [1.54, 1.807) is 39.8 Å². The van der Waals surface area contributed by atoms with Crippen LogP contribution in [0.1, 0.15) is 58.9 Å². The van der Waals surface area contributed by atoms with Crippen molar-refractivity contribution in [2.45, 2.75) is 78.0 Å². The first-order valence-corrected chi connectivity index (χ1v) is 14.9. The van der Waals surface area contributed by atoms with E-state index in [1.807, 2.05) is 0 Å². The van der Waals surface area contributed by atoms with Gasteiger partial charge in [-0.2, -0.15) is 0 Å². The van der Waals surface area contributed by atoms with E-state index in [0.29, 0.717) is 34.0 Å². The predicted molar refractivity (Wildman–Crippen MR) is 164 cm³/mol. The van der Waals surface area contributed by atoms with E-state index in [4.69, 9.17) is 25.8 Å². The molecule has 0 bridgehead atoms. The molecule has 1 aliphatic heterocycles. The molecule has 2 aliphatic rings. The molecule has 234 valence electrons. The van der Waals surface area contributed by atoms with Crippen LogP contribution in [0.3, 0.4) is 0 Å². The van der Waals surface area contributed by atoms with E-state index in [-0.39, 0.29) is 47.4 Å². The molecule has 3 aromatic rings. The molecule has 0 radical (unpaired) electrons. The molecule has 0 spiro atoms. The summed E-state index contributed by atoms with van der Waals surface area (Å²) in [6.45, 7) is 8.96. The lowest BCUT2D eigenvalue weighted by molar-refractivity contribution is -0.120. The van der Waals surface area contributed by atoms with Crippen LogP contribution in [0.4, 0.5) is 25.5 Å². The predicted octanol–water partition coefficient (Wildman–Crippen LogP) is 6.53. The molecule has 11 nitrogen and oxygen atoms in total. The summed E-state index contributed by atoms with van der Waals surface area (Å²) in [7, 11) is 0. The summed E-state index contributed by atoms with van der Waals surface area (Å²) in [6.07, 6.45) is 4.27.